The molecule has 4 rings (SSSR count). The van der Waals surface area contributed by atoms with E-state index >= 15 is 4.39 Å². The summed E-state index contributed by atoms with van der Waals surface area (Å²) < 4.78 is 36.2. The summed E-state index contributed by atoms with van der Waals surface area (Å²) in [5.41, 5.74) is 0.634. The molecule has 0 bridgehead atoms. The Kier molecular flexibility index (Phi) is 6.33. The normalized spacial score (nSPS) is 19.4. The number of fused-ring (bicyclic) bond motifs is 2. The van der Waals surface area contributed by atoms with Gasteiger partial charge in [0.2, 0.25) is 5.95 Å². The Morgan fingerprint density at radius 3 is 2.72 bits per heavy atom. The van der Waals surface area contributed by atoms with Gasteiger partial charge in [-0.25, -0.2) is 14.1 Å². The van der Waals surface area contributed by atoms with Crippen LogP contribution in [0, 0.1) is 0 Å². The van der Waals surface area contributed by atoms with Crippen molar-refractivity contribution in [1.82, 2.24) is 14.8 Å². The lowest BCUT2D eigenvalue weighted by Crippen LogP contribution is -2.42. The van der Waals surface area contributed by atoms with E-state index in [9.17, 15) is 14.0 Å². The minimum Gasteiger partial charge on any atom is -0.449 e. The van der Waals surface area contributed by atoms with Gasteiger partial charge in [0, 0.05) is 36.5 Å². The van der Waals surface area contributed by atoms with Crippen molar-refractivity contribution in [1.29, 1.82) is 0 Å². The van der Waals surface area contributed by atoms with Gasteiger partial charge in [-0.3, -0.25) is 4.79 Å². The van der Waals surface area contributed by atoms with Crippen molar-refractivity contribution in [3.63, 3.8) is 0 Å². The summed E-state index contributed by atoms with van der Waals surface area (Å²) in [6.07, 6.45) is 2.12. The van der Waals surface area contributed by atoms with Crippen molar-refractivity contribution in [3.8, 4) is 0 Å². The predicted molar refractivity (Wildman–Crippen MR) is 108 cm³/mol. The van der Waals surface area contributed by atoms with Crippen molar-refractivity contribution < 1.29 is 18.3 Å². The predicted octanol–water partition coefficient (Wildman–Crippen LogP) is 3.86. The number of carbonyl (C=O) groups is 1. The van der Waals surface area contributed by atoms with Gasteiger partial charge in [0.05, 0.1) is 29.2 Å². The second kappa shape index (κ2) is 8.59. The van der Waals surface area contributed by atoms with E-state index in [2.05, 4.69) is 5.32 Å². The van der Waals surface area contributed by atoms with Crippen molar-refractivity contribution in [3.05, 3.63) is 56.9 Å². The molecule has 0 radical (unpaired) electrons. The van der Waals surface area contributed by atoms with Crippen LogP contribution in [0.25, 0.3) is 11.5 Å². The number of rotatable bonds is 1. The molecule has 1 amide bonds. The molecule has 0 aromatic carbocycles. The molecule has 10 heteroatoms. The first-order valence-electron chi connectivity index (χ1n) is 8.90. The summed E-state index contributed by atoms with van der Waals surface area (Å²) in [6, 6.07) is 0.851. The lowest BCUT2D eigenvalue weighted by molar-refractivity contribution is 0.102. The van der Waals surface area contributed by atoms with Gasteiger partial charge in [0.1, 0.15) is 5.83 Å². The van der Waals surface area contributed by atoms with Gasteiger partial charge in [0.15, 0.2) is 0 Å². The van der Waals surface area contributed by atoms with E-state index in [-0.39, 0.29) is 28.6 Å². The second-order valence-corrected chi connectivity index (χ2v) is 7.22. The van der Waals surface area contributed by atoms with E-state index in [0.29, 0.717) is 24.2 Å². The number of halogens is 4. The number of amides is 1. The molecule has 2 aliphatic heterocycles. The molecule has 6 nitrogen and oxygen atoms in total. The number of nitrogens with one attached hydrogen (secondary N) is 1. The topological polar surface area (TPSA) is 63.6 Å². The molecule has 0 spiro atoms. The van der Waals surface area contributed by atoms with Gasteiger partial charge >= 0.3 is 6.09 Å². The molecule has 0 saturated carbocycles. The number of hydrogen-bond acceptors (Lipinski definition) is 4. The third-order valence-corrected chi connectivity index (χ3v) is 4.87. The van der Waals surface area contributed by atoms with E-state index in [1.54, 1.807) is 14.0 Å². The fourth-order valence-electron chi connectivity index (χ4n) is 3.72. The zero-order chi connectivity index (χ0) is 21.3. The maximum absolute atomic E-state index is 15.0. The highest BCUT2D eigenvalue weighted by molar-refractivity contribution is 6.40. The highest BCUT2D eigenvalue weighted by Crippen LogP contribution is 2.45. The SMILES string of the molecule is CCOC(=O)N1C(F)=C2C=C(F)c3ccn(C)c(=O)c3C3=C2C1CCN3.ClCCl. The molecule has 1 aromatic rings. The average Bonchev–Trinajstić information content (AvgIpc) is 2.88. The highest BCUT2D eigenvalue weighted by atomic mass is 35.5. The second-order valence-electron chi connectivity index (χ2n) is 6.41. The number of hydrogen-bond donors (Lipinski definition) is 1. The van der Waals surface area contributed by atoms with Crippen LogP contribution in [0.4, 0.5) is 13.6 Å². The van der Waals surface area contributed by atoms with Crippen LogP contribution in [0.15, 0.2) is 40.2 Å². The molecule has 29 heavy (non-hydrogen) atoms. The summed E-state index contributed by atoms with van der Waals surface area (Å²) in [6.45, 7) is 2.14. The van der Waals surface area contributed by atoms with Crippen molar-refractivity contribution in [2.75, 3.05) is 18.5 Å². The Bertz CT molecular complexity index is 1000. The Labute approximate surface area is 176 Å². The average molecular weight is 446 g/mol. The highest BCUT2D eigenvalue weighted by Gasteiger charge is 2.45. The number of alkyl halides is 2. The zero-order valence-electron chi connectivity index (χ0n) is 15.8. The number of pyridine rings is 1. The molecule has 156 valence electrons. The minimum absolute atomic E-state index is 0.0268. The third-order valence-electron chi connectivity index (χ3n) is 4.87. The molecule has 1 unspecified atom stereocenters. The molecule has 3 aliphatic rings. The van der Waals surface area contributed by atoms with Gasteiger partial charge in [-0.15, -0.1) is 23.2 Å². The van der Waals surface area contributed by atoms with Gasteiger partial charge in [-0.2, -0.15) is 4.39 Å². The smallest absolute Gasteiger partial charge is 0.416 e. The first-order valence-corrected chi connectivity index (χ1v) is 9.97. The molecular formula is C19H19Cl2F2N3O3. The first-order chi connectivity index (χ1) is 13.9. The maximum atomic E-state index is 15.0. The van der Waals surface area contributed by atoms with Crippen LogP contribution in [0.1, 0.15) is 24.5 Å². The van der Waals surface area contributed by atoms with E-state index in [4.69, 9.17) is 27.9 Å². The molecule has 1 atom stereocenters. The zero-order valence-corrected chi connectivity index (χ0v) is 17.3. The van der Waals surface area contributed by atoms with E-state index < -0.39 is 29.5 Å². The van der Waals surface area contributed by atoms with Crippen LogP contribution < -0.4 is 10.9 Å². The first kappa shape index (κ1) is 21.4. The summed E-state index contributed by atoms with van der Waals surface area (Å²) in [7, 11) is 1.57. The van der Waals surface area contributed by atoms with Crippen LogP contribution in [0.3, 0.4) is 0 Å². The Morgan fingerprint density at radius 2 is 2.07 bits per heavy atom. The Hall–Kier alpha value is -2.32. The number of allylic oxidation sites excluding steroid dienone is 1. The standard InChI is InChI=1S/C18H17F2N3O3.CH2Cl2/c1-3-26-18(25)23-12-4-6-21-15-13(12)10(16(23)20)8-11(19)9-5-7-22(2)17(24)14(9)15;2-1-3/h5,7-8,12,21H,3-4,6H2,1-2H3;1H2. The summed E-state index contributed by atoms with van der Waals surface area (Å²) >= 11 is 9.53. The summed E-state index contributed by atoms with van der Waals surface area (Å²) in [5, 5.41) is 3.30. The summed E-state index contributed by atoms with van der Waals surface area (Å²) in [4.78, 5) is 25.8. The third kappa shape index (κ3) is 3.55. The van der Waals surface area contributed by atoms with Crippen LogP contribution in [-0.4, -0.2) is 40.1 Å². The van der Waals surface area contributed by atoms with Crippen molar-refractivity contribution >= 4 is 40.8 Å². The lowest BCUT2D eigenvalue weighted by Gasteiger charge is -2.30. The number of aryl methyl sites for hydroxylation is 1. The van der Waals surface area contributed by atoms with Gasteiger partial charge < -0.3 is 14.6 Å². The van der Waals surface area contributed by atoms with Crippen LogP contribution >= 0.6 is 23.2 Å². The Balaban J connectivity index is 0.000000755. The van der Waals surface area contributed by atoms with Crippen LogP contribution in [-0.2, 0) is 11.8 Å². The number of ether oxygens (including phenoxy) is 1. The lowest BCUT2D eigenvalue weighted by atomic mass is 9.92. The van der Waals surface area contributed by atoms with E-state index in [1.165, 1.54) is 16.8 Å². The van der Waals surface area contributed by atoms with Gasteiger partial charge in [-0.05, 0) is 25.5 Å². The minimum atomic E-state index is -0.857. The van der Waals surface area contributed by atoms with Crippen LogP contribution in [0.2, 0.25) is 0 Å². The van der Waals surface area contributed by atoms with E-state index in [0.717, 1.165) is 11.0 Å². The summed E-state index contributed by atoms with van der Waals surface area (Å²) in [5.74, 6) is -1.58. The number of carbonyl (C=O) groups excluding carboxylic acids is 1. The van der Waals surface area contributed by atoms with E-state index in [1.807, 2.05) is 0 Å². The fourth-order valence-corrected chi connectivity index (χ4v) is 3.72. The van der Waals surface area contributed by atoms with Crippen LogP contribution in [0.5, 0.6) is 0 Å². The molecule has 0 fully saturated rings. The quantitative estimate of drug-likeness (QED) is 0.526. The van der Waals surface area contributed by atoms with Gasteiger partial charge in [0.25, 0.3) is 5.56 Å². The molecule has 0 saturated heterocycles. The van der Waals surface area contributed by atoms with Crippen molar-refractivity contribution in [2.24, 2.45) is 7.05 Å². The molecule has 3 heterocycles. The molecule has 1 aliphatic carbocycles. The fraction of sp³-hybridized carbons (Fsp3) is 0.368. The maximum Gasteiger partial charge on any atom is 0.416 e. The van der Waals surface area contributed by atoms with Gasteiger partial charge in [-0.1, -0.05) is 0 Å². The number of aromatic nitrogens is 1. The monoisotopic (exact) mass is 445 g/mol. The molecule has 1 N–H and O–H groups in total. The van der Waals surface area contributed by atoms with Crippen molar-refractivity contribution in [2.45, 2.75) is 19.4 Å². The molecular weight excluding hydrogens is 427 g/mol. The Morgan fingerprint density at radius 1 is 1.38 bits per heavy atom. The largest absolute Gasteiger partial charge is 0.449 e. The number of nitrogens with zero attached hydrogens (tertiary/aromatic N) is 2. The molecule has 1 aromatic heterocycles.